The second kappa shape index (κ2) is 7.84. The van der Waals surface area contributed by atoms with Crippen molar-refractivity contribution in [1.29, 1.82) is 0 Å². The van der Waals surface area contributed by atoms with Crippen molar-refractivity contribution in [2.75, 3.05) is 12.8 Å². The van der Waals surface area contributed by atoms with Gasteiger partial charge in [0.1, 0.15) is 18.7 Å². The summed E-state index contributed by atoms with van der Waals surface area (Å²) in [6, 6.07) is 20.7. The molecule has 3 aromatic carbocycles. The fraction of sp³-hybridized carbons (Fsp3) is 0.0909. The van der Waals surface area contributed by atoms with E-state index < -0.39 is 0 Å². The molecular weight excluding hydrogens is 354 g/mol. The number of rotatable bonds is 6. The molecule has 0 saturated heterocycles. The van der Waals surface area contributed by atoms with Crippen LogP contribution in [0.4, 0.5) is 5.69 Å². The van der Waals surface area contributed by atoms with Crippen LogP contribution in [0.15, 0.2) is 73.1 Å². The number of hydrogen-bond donors (Lipinski definition) is 1. The first-order valence-electron chi connectivity index (χ1n) is 8.76. The summed E-state index contributed by atoms with van der Waals surface area (Å²) in [5, 5.41) is 0.725. The SMILES string of the molecule is COc1cc2ncnc(Oc3ccc(N)cc3)c2cc1OCc1ccccc1. The highest BCUT2D eigenvalue weighted by atomic mass is 16.5. The molecule has 0 aliphatic rings. The zero-order valence-corrected chi connectivity index (χ0v) is 15.3. The number of fused-ring (bicyclic) bond motifs is 1. The molecule has 1 heterocycles. The van der Waals surface area contributed by atoms with Crippen LogP contribution in [0, 0.1) is 0 Å². The van der Waals surface area contributed by atoms with Gasteiger partial charge in [-0.15, -0.1) is 0 Å². The van der Waals surface area contributed by atoms with Crippen LogP contribution < -0.4 is 19.9 Å². The van der Waals surface area contributed by atoms with Crippen molar-refractivity contribution < 1.29 is 14.2 Å². The van der Waals surface area contributed by atoms with Gasteiger partial charge < -0.3 is 19.9 Å². The highest BCUT2D eigenvalue weighted by Gasteiger charge is 2.13. The number of ether oxygens (including phenoxy) is 3. The van der Waals surface area contributed by atoms with Gasteiger partial charge in [-0.05, 0) is 35.9 Å². The zero-order chi connectivity index (χ0) is 19.3. The molecule has 0 bridgehead atoms. The van der Waals surface area contributed by atoms with Crippen molar-refractivity contribution in [1.82, 2.24) is 9.97 Å². The minimum absolute atomic E-state index is 0.421. The Hall–Kier alpha value is -3.80. The maximum absolute atomic E-state index is 5.99. The maximum atomic E-state index is 5.99. The van der Waals surface area contributed by atoms with Gasteiger partial charge in [0.25, 0.3) is 0 Å². The third-order valence-corrected chi connectivity index (χ3v) is 4.22. The van der Waals surface area contributed by atoms with Crippen molar-refractivity contribution in [2.45, 2.75) is 6.61 Å². The van der Waals surface area contributed by atoms with Crippen molar-refractivity contribution in [3.8, 4) is 23.1 Å². The molecule has 6 heteroatoms. The number of nitrogens with two attached hydrogens (primary N) is 1. The Morgan fingerprint density at radius 2 is 1.68 bits per heavy atom. The molecule has 0 aliphatic heterocycles. The van der Waals surface area contributed by atoms with E-state index in [0.29, 0.717) is 40.9 Å². The largest absolute Gasteiger partial charge is 0.493 e. The number of anilines is 1. The fourth-order valence-corrected chi connectivity index (χ4v) is 2.78. The van der Waals surface area contributed by atoms with Gasteiger partial charge in [-0.1, -0.05) is 30.3 Å². The Kier molecular flexibility index (Phi) is 4.93. The number of aromatic nitrogens is 2. The van der Waals surface area contributed by atoms with Crippen molar-refractivity contribution in [3.63, 3.8) is 0 Å². The quantitative estimate of drug-likeness (QED) is 0.498. The predicted octanol–water partition coefficient (Wildman–Crippen LogP) is 4.59. The predicted molar refractivity (Wildman–Crippen MR) is 108 cm³/mol. The summed E-state index contributed by atoms with van der Waals surface area (Å²) in [6.07, 6.45) is 1.46. The Morgan fingerprint density at radius 1 is 0.893 bits per heavy atom. The first kappa shape index (κ1) is 17.6. The van der Waals surface area contributed by atoms with Crippen molar-refractivity contribution in [3.05, 3.63) is 78.6 Å². The van der Waals surface area contributed by atoms with Gasteiger partial charge >= 0.3 is 0 Å². The third-order valence-electron chi connectivity index (χ3n) is 4.22. The molecule has 4 aromatic rings. The molecule has 2 N–H and O–H groups in total. The molecule has 0 fully saturated rings. The molecule has 28 heavy (non-hydrogen) atoms. The van der Waals surface area contributed by atoms with Crippen LogP contribution in [-0.4, -0.2) is 17.1 Å². The number of benzene rings is 3. The smallest absolute Gasteiger partial charge is 0.230 e. The molecule has 0 amide bonds. The normalized spacial score (nSPS) is 10.6. The molecule has 0 saturated carbocycles. The summed E-state index contributed by atoms with van der Waals surface area (Å²) in [7, 11) is 1.60. The number of hydrogen-bond acceptors (Lipinski definition) is 6. The molecule has 0 spiro atoms. The Balaban J connectivity index is 1.68. The molecule has 0 unspecified atom stereocenters. The van der Waals surface area contributed by atoms with E-state index in [0.717, 1.165) is 10.9 Å². The molecule has 140 valence electrons. The van der Waals surface area contributed by atoms with Crippen LogP contribution >= 0.6 is 0 Å². The van der Waals surface area contributed by atoms with E-state index in [1.165, 1.54) is 6.33 Å². The van der Waals surface area contributed by atoms with Crippen LogP contribution in [0.25, 0.3) is 10.9 Å². The molecule has 1 aromatic heterocycles. The molecule has 0 aliphatic carbocycles. The van der Waals surface area contributed by atoms with Crippen LogP contribution in [0.3, 0.4) is 0 Å². The minimum Gasteiger partial charge on any atom is -0.493 e. The van der Waals surface area contributed by atoms with E-state index in [1.54, 1.807) is 31.4 Å². The average Bonchev–Trinajstić information content (AvgIpc) is 2.74. The maximum Gasteiger partial charge on any atom is 0.230 e. The average molecular weight is 373 g/mol. The van der Waals surface area contributed by atoms with E-state index in [9.17, 15) is 0 Å². The topological polar surface area (TPSA) is 79.5 Å². The Morgan fingerprint density at radius 3 is 2.43 bits per heavy atom. The van der Waals surface area contributed by atoms with E-state index >= 15 is 0 Å². The number of nitrogen functional groups attached to an aromatic ring is 1. The first-order chi connectivity index (χ1) is 13.7. The lowest BCUT2D eigenvalue weighted by atomic mass is 10.2. The second-order valence-electron chi connectivity index (χ2n) is 6.14. The number of methoxy groups -OCH3 is 1. The van der Waals surface area contributed by atoms with Gasteiger partial charge in [-0.2, -0.15) is 0 Å². The zero-order valence-electron chi connectivity index (χ0n) is 15.3. The lowest BCUT2D eigenvalue weighted by Crippen LogP contribution is -1.99. The lowest BCUT2D eigenvalue weighted by Gasteiger charge is -2.13. The van der Waals surface area contributed by atoms with E-state index in [1.807, 2.05) is 42.5 Å². The van der Waals surface area contributed by atoms with E-state index in [-0.39, 0.29) is 0 Å². The van der Waals surface area contributed by atoms with Crippen LogP contribution in [0.5, 0.6) is 23.1 Å². The summed E-state index contributed by atoms with van der Waals surface area (Å²) in [6.45, 7) is 0.421. The molecular formula is C22H19N3O3. The van der Waals surface area contributed by atoms with Gasteiger partial charge in [0.15, 0.2) is 11.5 Å². The second-order valence-corrected chi connectivity index (χ2v) is 6.14. The van der Waals surface area contributed by atoms with Crippen LogP contribution in [-0.2, 0) is 6.61 Å². The van der Waals surface area contributed by atoms with Gasteiger partial charge in [0.05, 0.1) is 18.0 Å². The summed E-state index contributed by atoms with van der Waals surface area (Å²) < 4.78 is 17.4. The summed E-state index contributed by atoms with van der Waals surface area (Å²) in [4.78, 5) is 8.60. The molecule has 6 nitrogen and oxygen atoms in total. The molecule has 4 rings (SSSR count). The summed E-state index contributed by atoms with van der Waals surface area (Å²) in [5.41, 5.74) is 8.16. The monoisotopic (exact) mass is 373 g/mol. The van der Waals surface area contributed by atoms with Gasteiger partial charge in [-0.25, -0.2) is 9.97 Å². The van der Waals surface area contributed by atoms with Crippen molar-refractivity contribution >= 4 is 16.6 Å². The third kappa shape index (κ3) is 3.81. The molecule has 0 atom stereocenters. The van der Waals surface area contributed by atoms with E-state index in [2.05, 4.69) is 9.97 Å². The summed E-state index contributed by atoms with van der Waals surface area (Å²) in [5.74, 6) is 2.26. The Labute approximate surface area is 162 Å². The minimum atomic E-state index is 0.421. The standard InChI is InChI=1S/C22H19N3O3/c1-26-20-12-19-18(11-21(20)27-13-15-5-3-2-4-6-15)22(25-14-24-19)28-17-9-7-16(23)8-10-17/h2-12,14H,13,23H2,1H3. The van der Waals surface area contributed by atoms with Crippen molar-refractivity contribution in [2.24, 2.45) is 0 Å². The first-order valence-corrected chi connectivity index (χ1v) is 8.76. The van der Waals surface area contributed by atoms with E-state index in [4.69, 9.17) is 19.9 Å². The van der Waals surface area contributed by atoms with Crippen LogP contribution in [0.1, 0.15) is 5.56 Å². The highest BCUT2D eigenvalue weighted by molar-refractivity contribution is 5.87. The fourth-order valence-electron chi connectivity index (χ4n) is 2.78. The van der Waals surface area contributed by atoms with Gasteiger partial charge in [0, 0.05) is 11.8 Å². The van der Waals surface area contributed by atoms with Crippen LogP contribution in [0.2, 0.25) is 0 Å². The summed E-state index contributed by atoms with van der Waals surface area (Å²) >= 11 is 0. The molecule has 0 radical (unpaired) electrons. The lowest BCUT2D eigenvalue weighted by molar-refractivity contribution is 0.285. The van der Waals surface area contributed by atoms with Gasteiger partial charge in [-0.3, -0.25) is 0 Å². The Bertz CT molecular complexity index is 1080. The van der Waals surface area contributed by atoms with Gasteiger partial charge in [0.2, 0.25) is 5.88 Å². The highest BCUT2D eigenvalue weighted by Crippen LogP contribution is 2.36. The number of nitrogens with zero attached hydrogens (tertiary/aromatic N) is 2.